The maximum Gasteiger partial charge on any atom is 0.209 e. The molecule has 0 unspecified atom stereocenters. The number of aromatic nitrogens is 4. The molecule has 6 nitrogen and oxygen atoms in total. The number of hydrogen-bond acceptors (Lipinski definition) is 3. The van der Waals surface area contributed by atoms with Crippen molar-refractivity contribution in [3.8, 4) is 0 Å². The third-order valence-electron chi connectivity index (χ3n) is 4.09. The number of nitrogens with zero attached hydrogens (tertiary/aromatic N) is 4. The van der Waals surface area contributed by atoms with E-state index in [0.29, 0.717) is 6.04 Å². The molecule has 1 fully saturated rings. The van der Waals surface area contributed by atoms with E-state index in [1.54, 1.807) is 9.80 Å². The van der Waals surface area contributed by atoms with Gasteiger partial charge in [0, 0.05) is 6.42 Å². The minimum Gasteiger partial charge on any atom is -0.328 e. The summed E-state index contributed by atoms with van der Waals surface area (Å²) in [6.07, 6.45) is 1.09. The molecule has 1 aliphatic rings. The molecule has 1 aliphatic heterocycles. The zero-order valence-electron chi connectivity index (χ0n) is 12.9. The van der Waals surface area contributed by atoms with Crippen molar-refractivity contribution >= 4 is 0 Å². The Morgan fingerprint density at radius 3 is 2.37 bits per heavy atom. The Balaban J connectivity index is 2.20. The maximum absolute atomic E-state index is 4.32. The molecule has 0 radical (unpaired) electrons. The highest BCUT2D eigenvalue weighted by atomic mass is 15.6. The second kappa shape index (κ2) is 5.54. The van der Waals surface area contributed by atoms with Crippen LogP contribution >= 0.6 is 0 Å². The van der Waals surface area contributed by atoms with E-state index in [0.717, 1.165) is 12.2 Å². The molecular weight excluding hydrogens is 240 g/mol. The molecule has 0 amide bonds. The van der Waals surface area contributed by atoms with E-state index in [-0.39, 0.29) is 5.54 Å². The number of nitrogens with one attached hydrogen (secondary N) is 2. The van der Waals surface area contributed by atoms with Crippen LogP contribution in [0.1, 0.15) is 46.0 Å². The molecule has 108 valence electrons. The van der Waals surface area contributed by atoms with Crippen molar-refractivity contribution in [2.45, 2.75) is 45.7 Å². The summed E-state index contributed by atoms with van der Waals surface area (Å²) in [5, 5.41) is 12.4. The third-order valence-corrected chi connectivity index (χ3v) is 4.09. The number of hydrogen-bond donors (Lipinski definition) is 2. The zero-order valence-corrected chi connectivity index (χ0v) is 12.9. The van der Waals surface area contributed by atoms with Gasteiger partial charge in [-0.2, -0.15) is 0 Å². The van der Waals surface area contributed by atoms with Gasteiger partial charge in [0.1, 0.15) is 32.2 Å². The van der Waals surface area contributed by atoms with Crippen LogP contribution in [0.4, 0.5) is 0 Å². The average molecular weight is 268 g/mol. The summed E-state index contributed by atoms with van der Waals surface area (Å²) in [5.41, 5.74) is -0.0521. The van der Waals surface area contributed by atoms with Crippen molar-refractivity contribution in [2.24, 2.45) is 0 Å². The van der Waals surface area contributed by atoms with Gasteiger partial charge in [-0.1, -0.05) is 6.92 Å². The van der Waals surface area contributed by atoms with Gasteiger partial charge in [0.2, 0.25) is 5.82 Å². The molecule has 2 N–H and O–H groups in total. The predicted molar refractivity (Wildman–Crippen MR) is 73.2 cm³/mol. The van der Waals surface area contributed by atoms with E-state index < -0.39 is 0 Å². The van der Waals surface area contributed by atoms with Crippen LogP contribution in [-0.2, 0) is 5.54 Å². The van der Waals surface area contributed by atoms with Gasteiger partial charge in [-0.05, 0) is 31.2 Å². The first kappa shape index (κ1) is 14.4. The van der Waals surface area contributed by atoms with Crippen molar-refractivity contribution in [3.05, 3.63) is 5.82 Å². The molecule has 1 saturated heterocycles. The van der Waals surface area contributed by atoms with Gasteiger partial charge in [0.25, 0.3) is 0 Å². The fourth-order valence-corrected chi connectivity index (χ4v) is 2.89. The smallest absolute Gasteiger partial charge is 0.209 e. The number of quaternary nitrogens is 2. The van der Waals surface area contributed by atoms with Gasteiger partial charge in [0.05, 0.1) is 12.6 Å². The van der Waals surface area contributed by atoms with Gasteiger partial charge in [-0.25, -0.2) is 4.68 Å². The van der Waals surface area contributed by atoms with Crippen molar-refractivity contribution in [2.75, 3.05) is 33.2 Å². The molecule has 6 heteroatoms. The lowest BCUT2D eigenvalue weighted by molar-refractivity contribution is -1.02. The molecule has 0 aromatic carbocycles. The van der Waals surface area contributed by atoms with E-state index in [1.165, 1.54) is 26.2 Å². The normalized spacial score (nSPS) is 26.4. The van der Waals surface area contributed by atoms with Crippen LogP contribution in [0.25, 0.3) is 0 Å². The highest BCUT2D eigenvalue weighted by Crippen LogP contribution is 2.18. The monoisotopic (exact) mass is 268 g/mol. The van der Waals surface area contributed by atoms with Crippen LogP contribution in [-0.4, -0.2) is 53.4 Å². The molecular formula is C13H28N6+2. The van der Waals surface area contributed by atoms with Gasteiger partial charge >= 0.3 is 0 Å². The Bertz CT molecular complexity index is 400. The van der Waals surface area contributed by atoms with Gasteiger partial charge in [0.15, 0.2) is 0 Å². The van der Waals surface area contributed by atoms with E-state index in [2.05, 4.69) is 50.3 Å². The summed E-state index contributed by atoms with van der Waals surface area (Å²) in [6, 6.07) is 0.419. The van der Waals surface area contributed by atoms with Crippen LogP contribution < -0.4 is 9.80 Å². The zero-order chi connectivity index (χ0) is 14.0. The highest BCUT2D eigenvalue weighted by molar-refractivity contribution is 4.91. The fraction of sp³-hybridized carbons (Fsp3) is 0.923. The molecule has 1 aromatic rings. The molecule has 0 spiro atoms. The van der Waals surface area contributed by atoms with Gasteiger partial charge in [-0.3, -0.25) is 0 Å². The molecule has 19 heavy (non-hydrogen) atoms. The lowest BCUT2D eigenvalue weighted by Crippen LogP contribution is -3.27. The molecule has 2 heterocycles. The van der Waals surface area contributed by atoms with Gasteiger partial charge < -0.3 is 9.80 Å². The lowest BCUT2D eigenvalue weighted by atomic mass is 10.1. The Morgan fingerprint density at radius 2 is 1.84 bits per heavy atom. The summed E-state index contributed by atoms with van der Waals surface area (Å²) in [5.74, 6) is 1.05. The van der Waals surface area contributed by atoms with E-state index >= 15 is 0 Å². The highest BCUT2D eigenvalue weighted by Gasteiger charge is 2.34. The summed E-state index contributed by atoms with van der Waals surface area (Å²) in [4.78, 5) is 3.27. The molecule has 2 rings (SSSR count). The molecule has 0 aliphatic carbocycles. The fourth-order valence-electron chi connectivity index (χ4n) is 2.89. The molecule has 0 saturated carbocycles. The number of piperazine rings is 1. The van der Waals surface area contributed by atoms with Crippen molar-refractivity contribution < 1.29 is 9.80 Å². The number of likely N-dealkylation sites (N-methyl/N-ethyl adjacent to an activating group) is 1. The van der Waals surface area contributed by atoms with E-state index in [1.807, 2.05) is 4.68 Å². The van der Waals surface area contributed by atoms with E-state index in [4.69, 9.17) is 0 Å². The van der Waals surface area contributed by atoms with E-state index in [9.17, 15) is 0 Å². The summed E-state index contributed by atoms with van der Waals surface area (Å²) >= 11 is 0. The third kappa shape index (κ3) is 3.12. The maximum atomic E-state index is 4.32. The van der Waals surface area contributed by atoms with Crippen LogP contribution in [0, 0.1) is 0 Å². The number of rotatable bonds is 3. The van der Waals surface area contributed by atoms with Crippen molar-refractivity contribution in [1.82, 2.24) is 20.2 Å². The van der Waals surface area contributed by atoms with Gasteiger partial charge in [-0.15, -0.1) is 5.10 Å². The summed E-state index contributed by atoms with van der Waals surface area (Å²) in [7, 11) is 2.27. The second-order valence-electron chi connectivity index (χ2n) is 6.70. The Labute approximate surface area is 115 Å². The topological polar surface area (TPSA) is 52.5 Å². The van der Waals surface area contributed by atoms with Crippen LogP contribution in [0.2, 0.25) is 0 Å². The predicted octanol–water partition coefficient (Wildman–Crippen LogP) is -1.71. The Kier molecular flexibility index (Phi) is 4.20. The minimum absolute atomic E-state index is 0.0521. The minimum atomic E-state index is -0.0521. The SMILES string of the molecule is CC[C@@H](c1nnnn1C(C)(C)C)[NH+]1CC[NH+](C)CC1. The first-order valence-corrected chi connectivity index (χ1v) is 7.38. The number of tetrazole rings is 1. The lowest BCUT2D eigenvalue weighted by Gasteiger charge is -2.33. The first-order valence-electron chi connectivity index (χ1n) is 7.38. The Hall–Kier alpha value is -1.01. The second-order valence-corrected chi connectivity index (χ2v) is 6.70. The standard InChI is InChI=1S/C13H26N6/c1-6-11(18-9-7-17(5)8-10-18)12-14-15-16-19(12)13(2,3)4/h11H,6-10H2,1-5H3/p+2/t11-/m0/s1. The van der Waals surface area contributed by atoms with Crippen LogP contribution in [0.15, 0.2) is 0 Å². The quantitative estimate of drug-likeness (QED) is 0.687. The summed E-state index contributed by atoms with van der Waals surface area (Å²) < 4.78 is 2.00. The average Bonchev–Trinajstić information content (AvgIpc) is 2.81. The van der Waals surface area contributed by atoms with Crippen molar-refractivity contribution in [3.63, 3.8) is 0 Å². The van der Waals surface area contributed by atoms with Crippen LogP contribution in [0.5, 0.6) is 0 Å². The van der Waals surface area contributed by atoms with Crippen LogP contribution in [0.3, 0.4) is 0 Å². The summed E-state index contributed by atoms with van der Waals surface area (Å²) in [6.45, 7) is 13.6. The Morgan fingerprint density at radius 1 is 1.21 bits per heavy atom. The molecule has 1 atom stereocenters. The van der Waals surface area contributed by atoms with Crippen molar-refractivity contribution in [1.29, 1.82) is 0 Å². The molecule has 1 aromatic heterocycles. The largest absolute Gasteiger partial charge is 0.328 e. The first-order chi connectivity index (χ1) is 8.93. The molecule has 0 bridgehead atoms.